The standard InChI is InChI=1S/C33H48N4O7/c1-7-25(34-30(39)27(21(3)4)36-32(41)43-19-23-15-11-9-12-16-23)29(38)26(8-2)35-31(40)28(22(5)6)37-33(42)44-20-24-17-13-10-14-18-24/h9-18,21-22,25-29,38H,7-8,19-20H2,1-6H3,(H,34,39)(H,35,40)(H,36,41)(H,37,42)/t25?,26?,27-,28-,29?/m0/s1. The van der Waals surface area contributed by atoms with Crippen LogP contribution in [0.3, 0.4) is 0 Å². The number of benzene rings is 2. The van der Waals surface area contributed by atoms with Crippen molar-refractivity contribution in [3.8, 4) is 0 Å². The summed E-state index contributed by atoms with van der Waals surface area (Å²) in [5, 5.41) is 22.1. The Morgan fingerprint density at radius 1 is 0.614 bits per heavy atom. The first kappa shape index (κ1) is 36.1. The fourth-order valence-corrected chi connectivity index (χ4v) is 4.54. The lowest BCUT2D eigenvalue weighted by molar-refractivity contribution is -0.126. The average molecular weight is 613 g/mol. The molecule has 0 fully saturated rings. The van der Waals surface area contributed by atoms with Crippen molar-refractivity contribution in [3.05, 3.63) is 71.8 Å². The highest BCUT2D eigenvalue weighted by Crippen LogP contribution is 2.12. The third kappa shape index (κ3) is 11.9. The summed E-state index contributed by atoms with van der Waals surface area (Å²) in [6.45, 7) is 10.9. The van der Waals surface area contributed by atoms with Gasteiger partial charge in [0.15, 0.2) is 0 Å². The molecule has 2 unspecified atom stereocenters. The van der Waals surface area contributed by atoms with Gasteiger partial charge in [0.1, 0.15) is 25.3 Å². The molecule has 11 nitrogen and oxygen atoms in total. The van der Waals surface area contributed by atoms with Gasteiger partial charge in [-0.1, -0.05) is 102 Å². The number of hydrogen-bond donors (Lipinski definition) is 5. The van der Waals surface area contributed by atoms with Crippen LogP contribution in [-0.4, -0.2) is 59.4 Å². The van der Waals surface area contributed by atoms with Gasteiger partial charge in [-0.05, 0) is 35.8 Å². The molecule has 0 aromatic heterocycles. The van der Waals surface area contributed by atoms with Crippen LogP contribution >= 0.6 is 0 Å². The number of carbonyl (C=O) groups is 4. The molecule has 4 atom stereocenters. The lowest BCUT2D eigenvalue weighted by Gasteiger charge is -2.33. The van der Waals surface area contributed by atoms with Crippen molar-refractivity contribution < 1.29 is 33.8 Å². The Hall–Kier alpha value is -4.12. The van der Waals surface area contributed by atoms with Crippen molar-refractivity contribution in [2.45, 2.75) is 97.9 Å². The molecule has 0 saturated heterocycles. The first-order valence-electron chi connectivity index (χ1n) is 15.2. The van der Waals surface area contributed by atoms with Crippen LogP contribution in [0.4, 0.5) is 9.59 Å². The van der Waals surface area contributed by atoms with E-state index in [2.05, 4.69) is 21.3 Å². The first-order chi connectivity index (χ1) is 21.0. The number of nitrogens with one attached hydrogen (secondary N) is 4. The van der Waals surface area contributed by atoms with Gasteiger partial charge in [-0.15, -0.1) is 0 Å². The lowest BCUT2D eigenvalue weighted by atomic mass is 9.96. The van der Waals surface area contributed by atoms with Crippen LogP contribution in [0.1, 0.15) is 65.5 Å². The van der Waals surface area contributed by atoms with Gasteiger partial charge in [0, 0.05) is 0 Å². The minimum absolute atomic E-state index is 0.0598. The Morgan fingerprint density at radius 2 is 0.955 bits per heavy atom. The second-order valence-corrected chi connectivity index (χ2v) is 11.4. The monoisotopic (exact) mass is 612 g/mol. The number of ether oxygens (including phenoxy) is 2. The van der Waals surface area contributed by atoms with Crippen LogP contribution in [0.15, 0.2) is 60.7 Å². The summed E-state index contributed by atoms with van der Waals surface area (Å²) < 4.78 is 10.6. The lowest BCUT2D eigenvalue weighted by Crippen LogP contribution is -2.60. The highest BCUT2D eigenvalue weighted by molar-refractivity contribution is 5.87. The molecule has 0 radical (unpaired) electrons. The van der Waals surface area contributed by atoms with Gasteiger partial charge in [-0.25, -0.2) is 9.59 Å². The van der Waals surface area contributed by atoms with E-state index >= 15 is 0 Å². The summed E-state index contributed by atoms with van der Waals surface area (Å²) in [5.41, 5.74) is 1.63. The number of aliphatic hydroxyl groups excluding tert-OH is 1. The number of hydrogen-bond acceptors (Lipinski definition) is 7. The number of rotatable bonds is 16. The van der Waals surface area contributed by atoms with Crippen molar-refractivity contribution in [2.24, 2.45) is 11.8 Å². The van der Waals surface area contributed by atoms with Gasteiger partial charge < -0.3 is 35.8 Å². The molecule has 0 heterocycles. The zero-order chi connectivity index (χ0) is 32.6. The number of carbonyl (C=O) groups excluding carboxylic acids is 4. The van der Waals surface area contributed by atoms with Crippen LogP contribution in [0.2, 0.25) is 0 Å². The van der Waals surface area contributed by atoms with Crippen molar-refractivity contribution >= 4 is 24.0 Å². The zero-order valence-corrected chi connectivity index (χ0v) is 26.5. The summed E-state index contributed by atoms with van der Waals surface area (Å²) in [6, 6.07) is 15.1. The molecule has 4 amide bonds. The normalized spacial score (nSPS) is 14.5. The predicted molar refractivity (Wildman–Crippen MR) is 167 cm³/mol. The van der Waals surface area contributed by atoms with E-state index in [0.29, 0.717) is 12.8 Å². The first-order valence-corrected chi connectivity index (χ1v) is 15.2. The SMILES string of the molecule is CCC(NC(=O)[C@@H](NC(=O)OCc1ccccc1)C(C)C)C(O)C(CC)NC(=O)[C@@H](NC(=O)OCc1ccccc1)C(C)C. The molecule has 242 valence electrons. The molecule has 0 aliphatic heterocycles. The third-order valence-corrected chi connectivity index (χ3v) is 7.23. The van der Waals surface area contributed by atoms with Crippen LogP contribution in [-0.2, 0) is 32.3 Å². The van der Waals surface area contributed by atoms with E-state index in [0.717, 1.165) is 11.1 Å². The number of amides is 4. The van der Waals surface area contributed by atoms with Gasteiger partial charge in [-0.3, -0.25) is 9.59 Å². The maximum absolute atomic E-state index is 13.2. The van der Waals surface area contributed by atoms with Crippen LogP contribution < -0.4 is 21.3 Å². The van der Waals surface area contributed by atoms with E-state index in [1.54, 1.807) is 41.5 Å². The average Bonchev–Trinajstić information content (AvgIpc) is 3.01. The van der Waals surface area contributed by atoms with E-state index in [-0.39, 0.29) is 25.0 Å². The zero-order valence-electron chi connectivity index (χ0n) is 26.5. The maximum atomic E-state index is 13.2. The van der Waals surface area contributed by atoms with Gasteiger partial charge >= 0.3 is 12.2 Å². The van der Waals surface area contributed by atoms with Gasteiger partial charge in [0.2, 0.25) is 11.8 Å². The van der Waals surface area contributed by atoms with Crippen molar-refractivity contribution in [2.75, 3.05) is 0 Å². The minimum atomic E-state index is -1.14. The smallest absolute Gasteiger partial charge is 0.408 e. The number of alkyl carbamates (subject to hydrolysis) is 2. The second kappa shape index (κ2) is 18.5. The fourth-order valence-electron chi connectivity index (χ4n) is 4.54. The van der Waals surface area contributed by atoms with Crippen LogP contribution in [0.5, 0.6) is 0 Å². The molecule has 0 saturated carbocycles. The molecular formula is C33H48N4O7. The second-order valence-electron chi connectivity index (χ2n) is 11.4. The quantitative estimate of drug-likeness (QED) is 0.192. The van der Waals surface area contributed by atoms with Gasteiger partial charge in [0.05, 0.1) is 18.2 Å². The van der Waals surface area contributed by atoms with Crippen molar-refractivity contribution in [1.29, 1.82) is 0 Å². The van der Waals surface area contributed by atoms with Gasteiger partial charge in [-0.2, -0.15) is 0 Å². The molecule has 0 bridgehead atoms. The predicted octanol–water partition coefficient (Wildman–Crippen LogP) is 4.04. The van der Waals surface area contributed by atoms with Gasteiger partial charge in [0.25, 0.3) is 0 Å². The molecule has 2 rings (SSSR count). The number of aliphatic hydroxyl groups is 1. The summed E-state index contributed by atoms with van der Waals surface area (Å²) in [4.78, 5) is 51.4. The Bertz CT molecular complexity index is 1090. The van der Waals surface area contributed by atoms with Crippen LogP contribution in [0, 0.1) is 11.8 Å². The maximum Gasteiger partial charge on any atom is 0.408 e. The Morgan fingerprint density at radius 3 is 1.25 bits per heavy atom. The largest absolute Gasteiger partial charge is 0.445 e. The molecule has 0 aliphatic carbocycles. The van der Waals surface area contributed by atoms with E-state index < -0.39 is 54.3 Å². The summed E-state index contributed by atoms with van der Waals surface area (Å²) >= 11 is 0. The Kier molecular flexibility index (Phi) is 15.2. The highest BCUT2D eigenvalue weighted by atomic mass is 16.6. The summed E-state index contributed by atoms with van der Waals surface area (Å²) in [6.07, 6.45) is -1.89. The fraction of sp³-hybridized carbons (Fsp3) is 0.515. The molecule has 0 spiro atoms. The molecule has 44 heavy (non-hydrogen) atoms. The molecule has 0 aliphatic rings. The Labute approximate surface area is 260 Å². The van der Waals surface area contributed by atoms with Crippen molar-refractivity contribution in [1.82, 2.24) is 21.3 Å². The third-order valence-electron chi connectivity index (χ3n) is 7.23. The highest BCUT2D eigenvalue weighted by Gasteiger charge is 2.34. The van der Waals surface area contributed by atoms with E-state index in [4.69, 9.17) is 9.47 Å². The van der Waals surface area contributed by atoms with Crippen molar-refractivity contribution in [3.63, 3.8) is 0 Å². The summed E-state index contributed by atoms with van der Waals surface area (Å²) in [5.74, 6) is -1.50. The van der Waals surface area contributed by atoms with Crippen LogP contribution in [0.25, 0.3) is 0 Å². The molecule has 2 aromatic carbocycles. The molecule has 5 N–H and O–H groups in total. The summed E-state index contributed by atoms with van der Waals surface area (Å²) in [7, 11) is 0. The van der Waals surface area contributed by atoms with E-state index in [1.807, 2.05) is 60.7 Å². The molecule has 2 aromatic rings. The molecular weight excluding hydrogens is 564 g/mol. The van der Waals surface area contributed by atoms with E-state index in [1.165, 1.54) is 0 Å². The molecule has 11 heteroatoms. The minimum Gasteiger partial charge on any atom is -0.445 e. The Balaban J connectivity index is 1.98. The topological polar surface area (TPSA) is 155 Å². The van der Waals surface area contributed by atoms with E-state index in [9.17, 15) is 24.3 Å².